The lowest BCUT2D eigenvalue weighted by Crippen LogP contribution is -2.43. The molecule has 1 fully saturated rings. The van der Waals surface area contributed by atoms with Gasteiger partial charge in [0.25, 0.3) is 0 Å². The van der Waals surface area contributed by atoms with E-state index in [9.17, 15) is 4.79 Å². The number of Topliss-reactive ketones (excluding diaryl/α,β-unsaturated/α-hetero) is 1. The molecule has 3 rings (SSSR count). The van der Waals surface area contributed by atoms with Crippen molar-refractivity contribution in [3.8, 4) is 0 Å². The first-order chi connectivity index (χ1) is 10.0. The lowest BCUT2D eigenvalue weighted by Gasteiger charge is -2.25. The van der Waals surface area contributed by atoms with Crippen LogP contribution in [0.2, 0.25) is 5.02 Å². The highest BCUT2D eigenvalue weighted by atomic mass is 35.5. The molecule has 4 nitrogen and oxygen atoms in total. The Hall–Kier alpha value is -1.36. The van der Waals surface area contributed by atoms with Gasteiger partial charge in [0.2, 0.25) is 5.78 Å². The second kappa shape index (κ2) is 5.79. The van der Waals surface area contributed by atoms with E-state index >= 15 is 0 Å². The van der Waals surface area contributed by atoms with Crippen molar-refractivity contribution in [2.75, 3.05) is 33.7 Å². The number of benzene rings is 1. The fourth-order valence-electron chi connectivity index (χ4n) is 2.85. The molecule has 0 aliphatic carbocycles. The minimum absolute atomic E-state index is 0.0403. The molecule has 0 N–H and O–H groups in total. The first-order valence-corrected chi connectivity index (χ1v) is 7.54. The van der Waals surface area contributed by atoms with Crippen LogP contribution in [0.4, 0.5) is 0 Å². The van der Waals surface area contributed by atoms with Gasteiger partial charge in [-0.3, -0.25) is 9.69 Å². The predicted molar refractivity (Wildman–Crippen MR) is 84.1 cm³/mol. The van der Waals surface area contributed by atoms with Gasteiger partial charge < -0.3 is 9.32 Å². The summed E-state index contributed by atoms with van der Waals surface area (Å²) in [5.41, 5.74) is 0.701. The minimum Gasteiger partial charge on any atom is -0.453 e. The molecule has 1 aliphatic heterocycles. The number of fused-ring (bicyclic) bond motifs is 1. The Kier molecular flexibility index (Phi) is 4.02. The smallest absolute Gasteiger partial charge is 0.216 e. The van der Waals surface area contributed by atoms with Crippen LogP contribution in [-0.4, -0.2) is 55.4 Å². The van der Waals surface area contributed by atoms with E-state index in [1.807, 2.05) is 13.1 Å². The maximum Gasteiger partial charge on any atom is 0.216 e. The Bertz CT molecular complexity index is 667. The van der Waals surface area contributed by atoms with E-state index in [0.29, 0.717) is 16.4 Å². The summed E-state index contributed by atoms with van der Waals surface area (Å²) >= 11 is 5.98. The van der Waals surface area contributed by atoms with E-state index in [4.69, 9.17) is 16.0 Å². The molecule has 21 heavy (non-hydrogen) atoms. The highest BCUT2D eigenvalue weighted by Gasteiger charge is 2.29. The monoisotopic (exact) mass is 306 g/mol. The summed E-state index contributed by atoms with van der Waals surface area (Å²) in [6, 6.07) is 7.03. The van der Waals surface area contributed by atoms with E-state index in [1.165, 1.54) is 0 Å². The molecule has 2 heterocycles. The van der Waals surface area contributed by atoms with Gasteiger partial charge in [0.1, 0.15) is 5.58 Å². The van der Waals surface area contributed by atoms with Crippen LogP contribution in [0.1, 0.15) is 17.0 Å². The number of halogens is 1. The van der Waals surface area contributed by atoms with Crippen LogP contribution < -0.4 is 0 Å². The number of carbonyl (C=O) groups is 1. The molecule has 1 atom stereocenters. The third kappa shape index (κ3) is 2.98. The Labute approximate surface area is 129 Å². The van der Waals surface area contributed by atoms with Crippen molar-refractivity contribution in [3.05, 3.63) is 35.0 Å². The van der Waals surface area contributed by atoms with Gasteiger partial charge in [-0.2, -0.15) is 0 Å². The Morgan fingerprint density at radius 3 is 2.90 bits per heavy atom. The van der Waals surface area contributed by atoms with Gasteiger partial charge in [-0.15, -0.1) is 0 Å². The van der Waals surface area contributed by atoms with Crippen molar-refractivity contribution in [2.24, 2.45) is 0 Å². The third-order valence-electron chi connectivity index (χ3n) is 4.09. The molecule has 1 saturated heterocycles. The molecule has 0 saturated carbocycles. The highest BCUT2D eigenvalue weighted by Crippen LogP contribution is 2.24. The van der Waals surface area contributed by atoms with E-state index in [-0.39, 0.29) is 11.8 Å². The van der Waals surface area contributed by atoms with Gasteiger partial charge in [0.15, 0.2) is 5.76 Å². The van der Waals surface area contributed by atoms with E-state index in [2.05, 4.69) is 16.8 Å². The number of ketones is 1. The zero-order valence-corrected chi connectivity index (χ0v) is 13.1. The number of carbonyl (C=O) groups excluding carboxylic acids is 1. The van der Waals surface area contributed by atoms with Gasteiger partial charge in [0.05, 0.1) is 6.04 Å². The fourth-order valence-corrected chi connectivity index (χ4v) is 3.04. The molecule has 0 radical (unpaired) electrons. The van der Waals surface area contributed by atoms with Crippen LogP contribution in [0.3, 0.4) is 0 Å². The quantitative estimate of drug-likeness (QED) is 0.800. The molecule has 5 heteroatoms. The Balaban J connectivity index is 1.91. The normalized spacial score (nSPS) is 21.6. The van der Waals surface area contributed by atoms with Crippen molar-refractivity contribution in [1.29, 1.82) is 0 Å². The van der Waals surface area contributed by atoms with Crippen molar-refractivity contribution in [3.63, 3.8) is 0 Å². The van der Waals surface area contributed by atoms with Crippen LogP contribution in [-0.2, 0) is 0 Å². The molecule has 0 spiro atoms. The first kappa shape index (κ1) is 14.6. The van der Waals surface area contributed by atoms with E-state index in [1.54, 1.807) is 18.2 Å². The molecule has 2 aromatic rings. The summed E-state index contributed by atoms with van der Waals surface area (Å²) in [6.07, 6.45) is 1.08. The number of hydrogen-bond acceptors (Lipinski definition) is 4. The van der Waals surface area contributed by atoms with Gasteiger partial charge >= 0.3 is 0 Å². The van der Waals surface area contributed by atoms with Crippen LogP contribution >= 0.6 is 11.6 Å². The number of furan rings is 1. The van der Waals surface area contributed by atoms with Crippen LogP contribution in [0.5, 0.6) is 0 Å². The first-order valence-electron chi connectivity index (χ1n) is 7.16. The standard InChI is InChI=1S/C16H19ClN2O2/c1-18-6-3-7-19(2)13(10-18)16(20)15-9-11-8-12(17)4-5-14(11)21-15/h4-5,8-9,13H,3,6-7,10H2,1-2H3. The molecule has 1 aliphatic rings. The summed E-state index contributed by atoms with van der Waals surface area (Å²) < 4.78 is 5.71. The topological polar surface area (TPSA) is 36.7 Å². The van der Waals surface area contributed by atoms with Crippen LogP contribution in [0, 0.1) is 0 Å². The van der Waals surface area contributed by atoms with E-state index < -0.39 is 0 Å². The summed E-state index contributed by atoms with van der Waals surface area (Å²) in [7, 11) is 4.05. The van der Waals surface area contributed by atoms with Crippen molar-refractivity contribution in [1.82, 2.24) is 9.80 Å². The molecular formula is C16H19ClN2O2. The Morgan fingerprint density at radius 2 is 2.10 bits per heavy atom. The molecule has 112 valence electrons. The number of likely N-dealkylation sites (N-methyl/N-ethyl adjacent to an activating group) is 2. The molecule has 1 unspecified atom stereocenters. The van der Waals surface area contributed by atoms with Gasteiger partial charge in [-0.05, 0) is 57.9 Å². The molecule has 0 bridgehead atoms. The lowest BCUT2D eigenvalue weighted by molar-refractivity contribution is 0.0813. The van der Waals surface area contributed by atoms with Crippen LogP contribution in [0.25, 0.3) is 11.0 Å². The highest BCUT2D eigenvalue weighted by molar-refractivity contribution is 6.31. The maximum absolute atomic E-state index is 12.8. The van der Waals surface area contributed by atoms with Gasteiger partial charge in [-0.1, -0.05) is 11.6 Å². The summed E-state index contributed by atoms with van der Waals surface area (Å²) in [4.78, 5) is 17.1. The van der Waals surface area contributed by atoms with Gasteiger partial charge in [0, 0.05) is 17.0 Å². The predicted octanol–water partition coefficient (Wildman–Crippen LogP) is 2.90. The fraction of sp³-hybridized carbons (Fsp3) is 0.438. The van der Waals surface area contributed by atoms with Crippen molar-refractivity contribution >= 4 is 28.4 Å². The van der Waals surface area contributed by atoms with Crippen LogP contribution in [0.15, 0.2) is 28.7 Å². The lowest BCUT2D eigenvalue weighted by atomic mass is 10.1. The summed E-state index contributed by atoms with van der Waals surface area (Å²) in [5.74, 6) is 0.456. The Morgan fingerprint density at radius 1 is 1.29 bits per heavy atom. The summed E-state index contributed by atoms with van der Waals surface area (Å²) in [6.45, 7) is 2.67. The van der Waals surface area contributed by atoms with Crippen molar-refractivity contribution in [2.45, 2.75) is 12.5 Å². The largest absolute Gasteiger partial charge is 0.453 e. The molecular weight excluding hydrogens is 288 g/mol. The number of rotatable bonds is 2. The SMILES string of the molecule is CN1CCCN(C)C(C(=O)c2cc3cc(Cl)ccc3o2)C1. The van der Waals surface area contributed by atoms with E-state index in [0.717, 1.165) is 31.4 Å². The zero-order chi connectivity index (χ0) is 15.0. The second-order valence-corrected chi connectivity index (χ2v) is 6.21. The number of nitrogens with zero attached hydrogens (tertiary/aromatic N) is 2. The number of hydrogen-bond donors (Lipinski definition) is 0. The average molecular weight is 307 g/mol. The minimum atomic E-state index is -0.159. The summed E-state index contributed by atoms with van der Waals surface area (Å²) in [5, 5.41) is 1.52. The van der Waals surface area contributed by atoms with Crippen molar-refractivity contribution < 1.29 is 9.21 Å². The second-order valence-electron chi connectivity index (χ2n) is 5.77. The maximum atomic E-state index is 12.8. The van der Waals surface area contributed by atoms with Gasteiger partial charge in [-0.25, -0.2) is 0 Å². The molecule has 1 aromatic heterocycles. The third-order valence-corrected chi connectivity index (χ3v) is 4.33. The molecule has 1 aromatic carbocycles. The molecule has 0 amide bonds. The zero-order valence-electron chi connectivity index (χ0n) is 12.3. The average Bonchev–Trinajstić information content (AvgIpc) is 2.78.